The maximum Gasteiger partial charge on any atom is 0.121 e. The van der Waals surface area contributed by atoms with Gasteiger partial charge >= 0.3 is 0 Å². The fraction of sp³-hybridized carbons (Fsp3) is 0.571. The summed E-state index contributed by atoms with van der Waals surface area (Å²) in [6.45, 7) is 2.71. The van der Waals surface area contributed by atoms with Crippen LogP contribution in [0, 0.1) is 0 Å². The quantitative estimate of drug-likeness (QED) is 0.842. The highest BCUT2D eigenvalue weighted by atomic mass is 16.5. The van der Waals surface area contributed by atoms with Crippen molar-refractivity contribution in [1.82, 2.24) is 0 Å². The molecular formula is C14H22N2O. The van der Waals surface area contributed by atoms with E-state index in [0.29, 0.717) is 18.7 Å². The number of nitrogens with one attached hydrogen (secondary N) is 1. The van der Waals surface area contributed by atoms with Crippen molar-refractivity contribution in [3.8, 4) is 5.75 Å². The van der Waals surface area contributed by atoms with Crippen molar-refractivity contribution < 1.29 is 4.74 Å². The Labute approximate surface area is 103 Å². The number of hydrogen-bond donors (Lipinski definition) is 2. The van der Waals surface area contributed by atoms with Gasteiger partial charge in [-0.2, -0.15) is 0 Å². The Kier molecular flexibility index (Phi) is 4.26. The Morgan fingerprint density at radius 3 is 2.76 bits per heavy atom. The third-order valence-corrected chi connectivity index (χ3v) is 3.29. The van der Waals surface area contributed by atoms with Crippen molar-refractivity contribution in [3.63, 3.8) is 0 Å². The molecular weight excluding hydrogens is 212 g/mol. The van der Waals surface area contributed by atoms with E-state index in [1.807, 2.05) is 19.1 Å². The molecule has 1 aromatic carbocycles. The predicted molar refractivity (Wildman–Crippen MR) is 71.5 cm³/mol. The average molecular weight is 234 g/mol. The molecule has 0 unspecified atom stereocenters. The zero-order valence-corrected chi connectivity index (χ0v) is 10.5. The number of anilines is 1. The molecule has 17 heavy (non-hydrogen) atoms. The lowest BCUT2D eigenvalue weighted by atomic mass is 9.92. The summed E-state index contributed by atoms with van der Waals surface area (Å²) in [7, 11) is 0. The molecule has 0 radical (unpaired) electrons. The molecule has 1 aliphatic rings. The molecule has 3 N–H and O–H groups in total. The van der Waals surface area contributed by atoms with Crippen LogP contribution >= 0.6 is 0 Å². The van der Waals surface area contributed by atoms with Crippen LogP contribution in [-0.4, -0.2) is 18.7 Å². The van der Waals surface area contributed by atoms with Crippen LogP contribution in [0.25, 0.3) is 0 Å². The van der Waals surface area contributed by atoms with Gasteiger partial charge in [0.25, 0.3) is 0 Å². The molecule has 0 amide bonds. The fourth-order valence-electron chi connectivity index (χ4n) is 2.34. The van der Waals surface area contributed by atoms with Gasteiger partial charge in [0.05, 0.1) is 6.61 Å². The summed E-state index contributed by atoms with van der Waals surface area (Å²) in [6, 6.07) is 9.15. The highest BCUT2D eigenvalue weighted by Crippen LogP contribution is 2.23. The monoisotopic (exact) mass is 234 g/mol. The number of hydrogen-bond acceptors (Lipinski definition) is 3. The van der Waals surface area contributed by atoms with Gasteiger partial charge in [-0.15, -0.1) is 0 Å². The van der Waals surface area contributed by atoms with Crippen molar-refractivity contribution in [3.05, 3.63) is 24.3 Å². The van der Waals surface area contributed by atoms with Crippen molar-refractivity contribution in [1.29, 1.82) is 0 Å². The van der Waals surface area contributed by atoms with E-state index in [0.717, 1.165) is 24.3 Å². The van der Waals surface area contributed by atoms with Crippen molar-refractivity contribution in [2.24, 2.45) is 5.73 Å². The zero-order valence-electron chi connectivity index (χ0n) is 10.5. The van der Waals surface area contributed by atoms with E-state index in [2.05, 4.69) is 17.4 Å². The van der Waals surface area contributed by atoms with E-state index < -0.39 is 0 Å². The van der Waals surface area contributed by atoms with Crippen LogP contribution in [0.5, 0.6) is 5.75 Å². The van der Waals surface area contributed by atoms with Gasteiger partial charge in [-0.25, -0.2) is 0 Å². The normalized spacial score (nSPS) is 24.4. The van der Waals surface area contributed by atoms with Crippen molar-refractivity contribution >= 4 is 5.69 Å². The summed E-state index contributed by atoms with van der Waals surface area (Å²) in [5, 5.41) is 3.56. The first-order chi connectivity index (χ1) is 8.28. The summed E-state index contributed by atoms with van der Waals surface area (Å²) in [5.41, 5.74) is 7.06. The van der Waals surface area contributed by atoms with Crippen LogP contribution in [0.4, 0.5) is 5.69 Å². The highest BCUT2D eigenvalue weighted by Gasteiger charge is 2.18. The summed E-state index contributed by atoms with van der Waals surface area (Å²) in [6.07, 6.45) is 4.59. The minimum atomic E-state index is 0.405. The molecule has 0 bridgehead atoms. The van der Waals surface area contributed by atoms with Crippen molar-refractivity contribution in [2.45, 2.75) is 44.7 Å². The molecule has 0 heterocycles. The maximum atomic E-state index is 5.91. The van der Waals surface area contributed by atoms with Gasteiger partial charge in [0, 0.05) is 23.8 Å². The van der Waals surface area contributed by atoms with E-state index in [1.54, 1.807) is 0 Å². The van der Waals surface area contributed by atoms with Gasteiger partial charge in [0.1, 0.15) is 5.75 Å². The van der Waals surface area contributed by atoms with E-state index in [9.17, 15) is 0 Å². The zero-order chi connectivity index (χ0) is 12.1. The summed E-state index contributed by atoms with van der Waals surface area (Å²) >= 11 is 0. The number of nitrogens with two attached hydrogens (primary N) is 1. The minimum absolute atomic E-state index is 0.405. The van der Waals surface area contributed by atoms with Gasteiger partial charge in [-0.05, 0) is 44.7 Å². The Bertz CT molecular complexity index is 346. The SMILES string of the molecule is CCOc1cccc(NC2CCC(N)CC2)c1. The van der Waals surface area contributed by atoms with Gasteiger partial charge in [-0.3, -0.25) is 0 Å². The van der Waals surface area contributed by atoms with Gasteiger partial charge < -0.3 is 15.8 Å². The molecule has 1 fully saturated rings. The molecule has 0 aliphatic heterocycles. The van der Waals surface area contributed by atoms with Crippen LogP contribution < -0.4 is 15.8 Å². The summed E-state index contributed by atoms with van der Waals surface area (Å²) in [4.78, 5) is 0. The first-order valence-corrected chi connectivity index (χ1v) is 6.53. The Balaban J connectivity index is 1.91. The lowest BCUT2D eigenvalue weighted by Gasteiger charge is -2.27. The van der Waals surface area contributed by atoms with Gasteiger partial charge in [0.2, 0.25) is 0 Å². The van der Waals surface area contributed by atoms with Crippen molar-refractivity contribution in [2.75, 3.05) is 11.9 Å². The number of ether oxygens (including phenoxy) is 1. The third kappa shape index (κ3) is 3.63. The second kappa shape index (κ2) is 5.92. The highest BCUT2D eigenvalue weighted by molar-refractivity contribution is 5.48. The summed E-state index contributed by atoms with van der Waals surface area (Å²) < 4.78 is 5.49. The topological polar surface area (TPSA) is 47.3 Å². The van der Waals surface area contributed by atoms with E-state index in [-0.39, 0.29) is 0 Å². The van der Waals surface area contributed by atoms with Crippen LogP contribution in [0.1, 0.15) is 32.6 Å². The van der Waals surface area contributed by atoms with Gasteiger partial charge in [-0.1, -0.05) is 6.07 Å². The largest absolute Gasteiger partial charge is 0.494 e. The van der Waals surface area contributed by atoms with E-state index >= 15 is 0 Å². The average Bonchev–Trinajstić information content (AvgIpc) is 2.33. The molecule has 1 saturated carbocycles. The molecule has 1 aliphatic carbocycles. The Hall–Kier alpha value is -1.22. The molecule has 0 atom stereocenters. The van der Waals surface area contributed by atoms with Crippen LogP contribution in [0.2, 0.25) is 0 Å². The fourth-order valence-corrected chi connectivity index (χ4v) is 2.34. The molecule has 0 spiro atoms. The molecule has 0 saturated heterocycles. The van der Waals surface area contributed by atoms with Gasteiger partial charge in [0.15, 0.2) is 0 Å². The first-order valence-electron chi connectivity index (χ1n) is 6.53. The predicted octanol–water partition coefficient (Wildman–Crippen LogP) is 2.77. The van der Waals surface area contributed by atoms with E-state index in [4.69, 9.17) is 10.5 Å². The van der Waals surface area contributed by atoms with Crippen LogP contribution in [0.15, 0.2) is 24.3 Å². The standard InChI is InChI=1S/C14H22N2O/c1-2-17-14-5-3-4-13(10-14)16-12-8-6-11(15)7-9-12/h3-5,10-12,16H,2,6-9,15H2,1H3. The molecule has 94 valence electrons. The lowest BCUT2D eigenvalue weighted by Crippen LogP contribution is -2.32. The molecule has 2 rings (SSSR count). The number of benzene rings is 1. The maximum absolute atomic E-state index is 5.91. The molecule has 3 heteroatoms. The Morgan fingerprint density at radius 2 is 2.06 bits per heavy atom. The molecule has 1 aromatic rings. The Morgan fingerprint density at radius 1 is 1.29 bits per heavy atom. The second-order valence-corrected chi connectivity index (χ2v) is 4.72. The first kappa shape index (κ1) is 12.2. The number of rotatable bonds is 4. The minimum Gasteiger partial charge on any atom is -0.494 e. The second-order valence-electron chi connectivity index (χ2n) is 4.72. The summed E-state index contributed by atoms with van der Waals surface area (Å²) in [5.74, 6) is 0.935. The smallest absolute Gasteiger partial charge is 0.121 e. The molecule has 3 nitrogen and oxygen atoms in total. The van der Waals surface area contributed by atoms with Crippen LogP contribution in [-0.2, 0) is 0 Å². The lowest BCUT2D eigenvalue weighted by molar-refractivity contribution is 0.340. The molecule has 0 aromatic heterocycles. The van der Waals surface area contributed by atoms with Crippen LogP contribution in [0.3, 0.4) is 0 Å². The van der Waals surface area contributed by atoms with E-state index in [1.165, 1.54) is 12.8 Å². The third-order valence-electron chi connectivity index (χ3n) is 3.29.